The zero-order valence-corrected chi connectivity index (χ0v) is 11.0. The molecule has 0 radical (unpaired) electrons. The topological polar surface area (TPSA) is 49.0 Å². The van der Waals surface area contributed by atoms with Crippen LogP contribution in [-0.4, -0.2) is 28.1 Å². The van der Waals surface area contributed by atoms with Crippen LogP contribution in [0.5, 0.6) is 0 Å². The van der Waals surface area contributed by atoms with Gasteiger partial charge in [0.05, 0.1) is 18.3 Å². The first kappa shape index (κ1) is 11.3. The number of hydrogen-bond donors (Lipinski definition) is 1. The van der Waals surface area contributed by atoms with Gasteiger partial charge in [0.2, 0.25) is 0 Å². The third-order valence-electron chi connectivity index (χ3n) is 2.11. The molecule has 0 atom stereocenters. The van der Waals surface area contributed by atoms with E-state index in [1.54, 1.807) is 29.5 Å². The Morgan fingerprint density at radius 1 is 1.69 bits per heavy atom. The van der Waals surface area contributed by atoms with Gasteiger partial charge in [-0.3, -0.25) is 9.89 Å². The molecule has 6 heteroatoms. The lowest BCUT2D eigenvalue weighted by molar-refractivity contribution is 0.0786. The van der Waals surface area contributed by atoms with Crippen molar-refractivity contribution >= 4 is 33.2 Å². The SMILES string of the molecule is CN(Cc1cc(Br)cs1)C(=O)c1cn[nH]c1. The highest BCUT2D eigenvalue weighted by Crippen LogP contribution is 2.21. The number of aromatic amines is 1. The Labute approximate surface area is 105 Å². The molecule has 0 fully saturated rings. The zero-order valence-electron chi connectivity index (χ0n) is 8.61. The van der Waals surface area contributed by atoms with Crippen molar-refractivity contribution in [1.29, 1.82) is 0 Å². The summed E-state index contributed by atoms with van der Waals surface area (Å²) >= 11 is 5.02. The molecule has 2 aromatic rings. The van der Waals surface area contributed by atoms with Crippen molar-refractivity contribution < 1.29 is 4.79 Å². The molecule has 84 valence electrons. The lowest BCUT2D eigenvalue weighted by Crippen LogP contribution is -2.25. The van der Waals surface area contributed by atoms with E-state index >= 15 is 0 Å². The molecule has 1 N–H and O–H groups in total. The van der Waals surface area contributed by atoms with Crippen molar-refractivity contribution in [2.24, 2.45) is 0 Å². The maximum atomic E-state index is 11.9. The molecule has 2 aromatic heterocycles. The van der Waals surface area contributed by atoms with E-state index in [0.717, 1.165) is 9.35 Å². The van der Waals surface area contributed by atoms with Crippen LogP contribution in [0.3, 0.4) is 0 Å². The van der Waals surface area contributed by atoms with Crippen LogP contribution in [-0.2, 0) is 6.54 Å². The fourth-order valence-electron chi connectivity index (χ4n) is 1.33. The Bertz CT molecular complexity index is 480. The Morgan fingerprint density at radius 2 is 2.50 bits per heavy atom. The predicted molar refractivity (Wildman–Crippen MR) is 66.4 cm³/mol. The first-order valence-corrected chi connectivity index (χ1v) is 6.31. The van der Waals surface area contributed by atoms with Crippen LogP contribution in [0, 0.1) is 0 Å². The van der Waals surface area contributed by atoms with Crippen molar-refractivity contribution in [3.63, 3.8) is 0 Å². The number of amides is 1. The third-order valence-corrected chi connectivity index (χ3v) is 3.79. The molecule has 0 aromatic carbocycles. The second-order valence-corrected chi connectivity index (χ2v) is 5.29. The number of hydrogen-bond acceptors (Lipinski definition) is 3. The van der Waals surface area contributed by atoms with E-state index in [9.17, 15) is 4.79 Å². The highest BCUT2D eigenvalue weighted by Gasteiger charge is 2.13. The van der Waals surface area contributed by atoms with Crippen LogP contribution < -0.4 is 0 Å². The Balaban J connectivity index is 2.03. The van der Waals surface area contributed by atoms with Crippen LogP contribution in [0.25, 0.3) is 0 Å². The molecule has 4 nitrogen and oxygen atoms in total. The summed E-state index contributed by atoms with van der Waals surface area (Å²) in [6.07, 6.45) is 3.13. The molecule has 0 aliphatic heterocycles. The van der Waals surface area contributed by atoms with Gasteiger partial charge in [-0.15, -0.1) is 11.3 Å². The number of carbonyl (C=O) groups excluding carboxylic acids is 1. The van der Waals surface area contributed by atoms with E-state index in [0.29, 0.717) is 12.1 Å². The number of aromatic nitrogens is 2. The van der Waals surface area contributed by atoms with E-state index in [1.807, 2.05) is 11.4 Å². The van der Waals surface area contributed by atoms with E-state index in [-0.39, 0.29) is 5.91 Å². The van der Waals surface area contributed by atoms with Gasteiger partial charge in [-0.25, -0.2) is 0 Å². The van der Waals surface area contributed by atoms with Crippen molar-refractivity contribution in [2.75, 3.05) is 7.05 Å². The number of H-pyrrole nitrogens is 1. The van der Waals surface area contributed by atoms with Gasteiger partial charge in [-0.05, 0) is 22.0 Å². The fourth-order valence-corrected chi connectivity index (χ4v) is 2.83. The van der Waals surface area contributed by atoms with Crippen LogP contribution in [0.1, 0.15) is 15.2 Å². The van der Waals surface area contributed by atoms with Crippen molar-refractivity contribution in [2.45, 2.75) is 6.54 Å². The lowest BCUT2D eigenvalue weighted by atomic mass is 10.3. The van der Waals surface area contributed by atoms with Gasteiger partial charge in [0.1, 0.15) is 0 Å². The fraction of sp³-hybridized carbons (Fsp3) is 0.200. The first-order chi connectivity index (χ1) is 7.66. The zero-order chi connectivity index (χ0) is 11.5. The van der Waals surface area contributed by atoms with E-state index in [4.69, 9.17) is 0 Å². The molecule has 0 saturated heterocycles. The Morgan fingerprint density at radius 3 is 3.06 bits per heavy atom. The normalized spacial score (nSPS) is 10.4. The molecule has 2 rings (SSSR count). The third kappa shape index (κ3) is 2.51. The summed E-state index contributed by atoms with van der Waals surface area (Å²) in [4.78, 5) is 14.7. The summed E-state index contributed by atoms with van der Waals surface area (Å²) < 4.78 is 1.05. The van der Waals surface area contributed by atoms with E-state index < -0.39 is 0 Å². The lowest BCUT2D eigenvalue weighted by Gasteiger charge is -2.14. The van der Waals surface area contributed by atoms with Gasteiger partial charge in [-0.2, -0.15) is 5.10 Å². The summed E-state index contributed by atoms with van der Waals surface area (Å²) in [5.41, 5.74) is 0.582. The molecule has 0 unspecified atom stereocenters. The highest BCUT2D eigenvalue weighted by atomic mass is 79.9. The molecular formula is C10H10BrN3OS. The molecule has 0 saturated carbocycles. The van der Waals surface area contributed by atoms with Crippen molar-refractivity contribution in [1.82, 2.24) is 15.1 Å². The second kappa shape index (κ2) is 4.80. The molecule has 0 spiro atoms. The second-order valence-electron chi connectivity index (χ2n) is 3.38. The van der Waals surface area contributed by atoms with Crippen molar-refractivity contribution in [3.05, 3.63) is 38.8 Å². The number of halogens is 1. The summed E-state index contributed by atoms with van der Waals surface area (Å²) in [7, 11) is 1.78. The maximum absolute atomic E-state index is 11.9. The highest BCUT2D eigenvalue weighted by molar-refractivity contribution is 9.10. The smallest absolute Gasteiger partial charge is 0.257 e. The van der Waals surface area contributed by atoms with Crippen LogP contribution >= 0.6 is 27.3 Å². The average molecular weight is 300 g/mol. The molecule has 0 aliphatic rings. The summed E-state index contributed by atoms with van der Waals surface area (Å²) in [5.74, 6) is -0.0294. The number of rotatable bonds is 3. The number of nitrogens with zero attached hydrogens (tertiary/aromatic N) is 2. The largest absolute Gasteiger partial charge is 0.336 e. The van der Waals surface area contributed by atoms with Crippen LogP contribution in [0.4, 0.5) is 0 Å². The minimum Gasteiger partial charge on any atom is -0.336 e. The minimum atomic E-state index is -0.0294. The van der Waals surface area contributed by atoms with Gasteiger partial charge >= 0.3 is 0 Å². The minimum absolute atomic E-state index is 0.0294. The summed E-state index contributed by atoms with van der Waals surface area (Å²) in [6.45, 7) is 0.611. The van der Waals surface area contributed by atoms with Crippen molar-refractivity contribution in [3.8, 4) is 0 Å². The summed E-state index contributed by atoms with van der Waals surface area (Å²) in [5, 5.41) is 8.40. The van der Waals surface area contributed by atoms with Gasteiger partial charge < -0.3 is 4.90 Å². The van der Waals surface area contributed by atoms with Gasteiger partial charge in [0.25, 0.3) is 5.91 Å². The molecule has 16 heavy (non-hydrogen) atoms. The quantitative estimate of drug-likeness (QED) is 0.947. The predicted octanol–water partition coefficient (Wildman–Crippen LogP) is 2.51. The number of carbonyl (C=O) groups is 1. The van der Waals surface area contributed by atoms with Gasteiger partial charge in [-0.1, -0.05) is 0 Å². The monoisotopic (exact) mass is 299 g/mol. The molecular weight excluding hydrogens is 290 g/mol. The molecule has 1 amide bonds. The van der Waals surface area contributed by atoms with Gasteiger partial charge in [0, 0.05) is 28.0 Å². The van der Waals surface area contributed by atoms with E-state index in [1.165, 1.54) is 6.20 Å². The standard InChI is InChI=1S/C10H10BrN3OS/c1-14(5-9-2-8(11)6-16-9)10(15)7-3-12-13-4-7/h2-4,6H,5H2,1H3,(H,12,13). The Hall–Kier alpha value is -1.14. The summed E-state index contributed by atoms with van der Waals surface area (Å²) in [6, 6.07) is 2.02. The number of nitrogens with one attached hydrogen (secondary N) is 1. The van der Waals surface area contributed by atoms with Crippen LogP contribution in [0.2, 0.25) is 0 Å². The van der Waals surface area contributed by atoms with Gasteiger partial charge in [0.15, 0.2) is 0 Å². The van der Waals surface area contributed by atoms with Crippen LogP contribution in [0.15, 0.2) is 28.3 Å². The first-order valence-electron chi connectivity index (χ1n) is 4.64. The van der Waals surface area contributed by atoms with E-state index in [2.05, 4.69) is 26.1 Å². The molecule has 0 bridgehead atoms. The average Bonchev–Trinajstić information content (AvgIpc) is 2.88. The Kier molecular flexibility index (Phi) is 3.40. The number of thiophene rings is 1. The molecule has 2 heterocycles. The maximum Gasteiger partial charge on any atom is 0.257 e. The molecule has 0 aliphatic carbocycles.